The molecule has 0 aliphatic rings. The topological polar surface area (TPSA) is 67.4 Å². The van der Waals surface area contributed by atoms with Gasteiger partial charge in [-0.1, -0.05) is 36.7 Å². The normalized spacial score (nSPS) is 12.8. The second-order valence-electron chi connectivity index (χ2n) is 8.30. The monoisotopic (exact) mass is 422 g/mol. The summed E-state index contributed by atoms with van der Waals surface area (Å²) in [4.78, 5) is 23.5. The third kappa shape index (κ3) is 11.2. The summed E-state index contributed by atoms with van der Waals surface area (Å²) in [6.45, 7) is 15.8. The van der Waals surface area contributed by atoms with Crippen LogP contribution in [0, 0.1) is 5.41 Å². The van der Waals surface area contributed by atoms with Gasteiger partial charge in [-0.25, -0.2) is 0 Å². The minimum absolute atomic E-state index is 0.0116. The Morgan fingerprint density at radius 1 is 0.958 bits per heavy atom. The standard InChI is InChI=1S/C17H35BrN2O3Si/c1-16(2,3)14(21)19-10-8-12-23-24(6,7)13-9-11-20-15(22)17(4,5)18/h8-13H2,1-7H3,(H,19,21)(H,20,22). The summed E-state index contributed by atoms with van der Waals surface area (Å²) in [5.41, 5.74) is -0.344. The highest BCUT2D eigenvalue weighted by atomic mass is 79.9. The largest absolute Gasteiger partial charge is 0.417 e. The van der Waals surface area contributed by atoms with E-state index in [1.165, 1.54) is 0 Å². The second kappa shape index (κ2) is 9.92. The highest BCUT2D eigenvalue weighted by Gasteiger charge is 2.25. The molecule has 0 unspecified atom stereocenters. The van der Waals surface area contributed by atoms with Crippen molar-refractivity contribution in [2.45, 2.75) is 70.9 Å². The molecule has 0 atom stereocenters. The summed E-state index contributed by atoms with van der Waals surface area (Å²) >= 11 is 3.35. The summed E-state index contributed by atoms with van der Waals surface area (Å²) < 4.78 is 5.52. The maximum atomic E-state index is 11.7. The van der Waals surface area contributed by atoms with Gasteiger partial charge in [0.2, 0.25) is 11.8 Å². The van der Waals surface area contributed by atoms with Crippen molar-refractivity contribution in [2.24, 2.45) is 5.41 Å². The number of rotatable bonds is 10. The Hall–Kier alpha value is -0.403. The van der Waals surface area contributed by atoms with Crippen LogP contribution in [0.25, 0.3) is 0 Å². The van der Waals surface area contributed by atoms with E-state index >= 15 is 0 Å². The molecule has 0 aromatic heterocycles. The number of carbonyl (C=O) groups excluding carboxylic acids is 2. The lowest BCUT2D eigenvalue weighted by molar-refractivity contribution is -0.128. The molecule has 0 aromatic carbocycles. The van der Waals surface area contributed by atoms with Gasteiger partial charge >= 0.3 is 0 Å². The quantitative estimate of drug-likeness (QED) is 0.321. The lowest BCUT2D eigenvalue weighted by Gasteiger charge is -2.24. The van der Waals surface area contributed by atoms with E-state index in [1.807, 2.05) is 34.6 Å². The zero-order chi connectivity index (χ0) is 19.0. The Bertz CT molecular complexity index is 415. The summed E-state index contributed by atoms with van der Waals surface area (Å²) in [6, 6.07) is 1.00. The second-order valence-corrected chi connectivity index (χ2v) is 14.6. The summed E-state index contributed by atoms with van der Waals surface area (Å²) in [5, 5.41) is 5.86. The number of hydrogen-bond donors (Lipinski definition) is 2. The van der Waals surface area contributed by atoms with Crippen molar-refractivity contribution in [3.8, 4) is 0 Å². The van der Waals surface area contributed by atoms with Crippen molar-refractivity contribution < 1.29 is 14.0 Å². The van der Waals surface area contributed by atoms with Crippen LogP contribution in [0.3, 0.4) is 0 Å². The van der Waals surface area contributed by atoms with Crippen LogP contribution < -0.4 is 10.6 Å². The summed E-state index contributed by atoms with van der Waals surface area (Å²) in [5.74, 6) is 0.0851. The Morgan fingerprint density at radius 2 is 1.46 bits per heavy atom. The molecule has 2 N–H and O–H groups in total. The first-order valence-electron chi connectivity index (χ1n) is 8.65. The fraction of sp³-hybridized carbons (Fsp3) is 0.882. The van der Waals surface area contributed by atoms with E-state index in [0.717, 1.165) is 18.9 Å². The predicted octanol–water partition coefficient (Wildman–Crippen LogP) is 3.44. The molecule has 0 aliphatic heterocycles. The van der Waals surface area contributed by atoms with Crippen LogP contribution in [0.4, 0.5) is 0 Å². The molecule has 24 heavy (non-hydrogen) atoms. The first-order chi connectivity index (χ1) is 10.8. The van der Waals surface area contributed by atoms with Gasteiger partial charge in [-0.15, -0.1) is 0 Å². The molecule has 142 valence electrons. The number of amides is 2. The number of carbonyl (C=O) groups is 2. The van der Waals surface area contributed by atoms with E-state index in [1.54, 1.807) is 0 Å². The van der Waals surface area contributed by atoms with Crippen LogP contribution in [-0.4, -0.2) is 44.2 Å². The Labute approximate surface area is 156 Å². The minimum atomic E-state index is -1.71. The van der Waals surface area contributed by atoms with Gasteiger partial charge in [-0.3, -0.25) is 9.59 Å². The maximum Gasteiger partial charge on any atom is 0.236 e. The molecular formula is C17H35BrN2O3Si. The highest BCUT2D eigenvalue weighted by molar-refractivity contribution is 9.10. The van der Waals surface area contributed by atoms with E-state index in [0.29, 0.717) is 19.7 Å². The van der Waals surface area contributed by atoms with E-state index in [4.69, 9.17) is 4.43 Å². The van der Waals surface area contributed by atoms with Gasteiger partial charge < -0.3 is 15.1 Å². The average Bonchev–Trinajstić information content (AvgIpc) is 2.40. The van der Waals surface area contributed by atoms with Gasteiger partial charge in [0.25, 0.3) is 0 Å². The Morgan fingerprint density at radius 3 is 1.96 bits per heavy atom. The van der Waals surface area contributed by atoms with Crippen LogP contribution >= 0.6 is 15.9 Å². The van der Waals surface area contributed by atoms with Crippen molar-refractivity contribution in [2.75, 3.05) is 19.7 Å². The van der Waals surface area contributed by atoms with E-state index in [-0.39, 0.29) is 17.2 Å². The third-order valence-corrected chi connectivity index (χ3v) is 6.47. The molecule has 0 radical (unpaired) electrons. The van der Waals surface area contributed by atoms with Gasteiger partial charge in [0.05, 0.1) is 4.32 Å². The molecule has 0 aromatic rings. The van der Waals surface area contributed by atoms with Crippen LogP contribution in [0.1, 0.15) is 47.5 Å². The van der Waals surface area contributed by atoms with E-state index < -0.39 is 12.6 Å². The smallest absolute Gasteiger partial charge is 0.236 e. The third-order valence-electron chi connectivity index (χ3n) is 3.56. The SMILES string of the molecule is CC(C)(C)C(=O)NCCCO[Si](C)(C)CCCNC(=O)C(C)(C)Br. The number of hydrogen-bond acceptors (Lipinski definition) is 3. The zero-order valence-corrected chi connectivity index (χ0v) is 18.9. The van der Waals surface area contributed by atoms with Crippen molar-refractivity contribution >= 4 is 36.1 Å². The minimum Gasteiger partial charge on any atom is -0.417 e. The van der Waals surface area contributed by atoms with Crippen molar-refractivity contribution in [1.29, 1.82) is 0 Å². The fourth-order valence-corrected chi connectivity index (χ4v) is 3.90. The molecule has 0 spiro atoms. The molecule has 0 bridgehead atoms. The summed E-state index contributed by atoms with van der Waals surface area (Å²) in [6.07, 6.45) is 1.75. The van der Waals surface area contributed by atoms with Crippen molar-refractivity contribution in [3.05, 3.63) is 0 Å². The van der Waals surface area contributed by atoms with Crippen LogP contribution in [-0.2, 0) is 14.0 Å². The Balaban J connectivity index is 3.83. The number of nitrogens with one attached hydrogen (secondary N) is 2. The summed E-state index contributed by atoms with van der Waals surface area (Å²) in [7, 11) is -1.71. The first-order valence-corrected chi connectivity index (χ1v) is 12.6. The van der Waals surface area contributed by atoms with Gasteiger partial charge in [-0.2, -0.15) is 0 Å². The number of halogens is 1. The molecule has 0 rings (SSSR count). The molecule has 0 heterocycles. The van der Waals surface area contributed by atoms with Crippen molar-refractivity contribution in [3.63, 3.8) is 0 Å². The molecule has 0 saturated carbocycles. The molecule has 0 fully saturated rings. The zero-order valence-electron chi connectivity index (χ0n) is 16.3. The highest BCUT2D eigenvalue weighted by Crippen LogP contribution is 2.17. The van der Waals surface area contributed by atoms with Gasteiger partial charge in [-0.05, 0) is 45.8 Å². The molecular weight excluding hydrogens is 388 g/mol. The van der Waals surface area contributed by atoms with Crippen LogP contribution in [0.5, 0.6) is 0 Å². The molecule has 5 nitrogen and oxygen atoms in total. The predicted molar refractivity (Wildman–Crippen MR) is 106 cm³/mol. The van der Waals surface area contributed by atoms with Crippen LogP contribution in [0.15, 0.2) is 0 Å². The molecule has 0 saturated heterocycles. The maximum absolute atomic E-state index is 11.7. The van der Waals surface area contributed by atoms with Gasteiger partial charge in [0, 0.05) is 25.1 Å². The number of alkyl halides is 1. The fourth-order valence-electron chi connectivity index (χ4n) is 1.89. The average molecular weight is 423 g/mol. The first kappa shape index (κ1) is 23.6. The molecule has 7 heteroatoms. The lowest BCUT2D eigenvalue weighted by atomic mass is 9.96. The van der Waals surface area contributed by atoms with Gasteiger partial charge in [0.1, 0.15) is 0 Å². The Kier molecular flexibility index (Phi) is 9.75. The van der Waals surface area contributed by atoms with E-state index in [9.17, 15) is 9.59 Å². The van der Waals surface area contributed by atoms with E-state index in [2.05, 4.69) is 39.7 Å². The lowest BCUT2D eigenvalue weighted by Crippen LogP contribution is -2.39. The molecule has 2 amide bonds. The van der Waals surface area contributed by atoms with Gasteiger partial charge in [0.15, 0.2) is 8.32 Å². The van der Waals surface area contributed by atoms with Crippen molar-refractivity contribution in [1.82, 2.24) is 10.6 Å². The molecule has 0 aliphatic carbocycles. The van der Waals surface area contributed by atoms with Crippen LogP contribution in [0.2, 0.25) is 19.1 Å².